The quantitative estimate of drug-likeness (QED) is 0.671. The summed E-state index contributed by atoms with van der Waals surface area (Å²) < 4.78 is 53.4. The Kier molecular flexibility index (Phi) is 5.41. The number of rotatable bonds is 4. The molecule has 3 aromatic rings. The lowest BCUT2D eigenvalue weighted by Gasteiger charge is -2.16. The van der Waals surface area contributed by atoms with Crippen molar-refractivity contribution in [1.29, 1.82) is 0 Å². The average Bonchev–Trinajstić information content (AvgIpc) is 2.65. The molecular weight excluding hydrogens is 390 g/mol. The Morgan fingerprint density at radius 2 is 1.79 bits per heavy atom. The predicted octanol–water partition coefficient (Wildman–Crippen LogP) is 3.74. The molecule has 0 bridgehead atoms. The first-order valence-corrected chi connectivity index (χ1v) is 8.78. The first-order chi connectivity index (χ1) is 13.6. The topological polar surface area (TPSA) is 64.0 Å². The van der Waals surface area contributed by atoms with Gasteiger partial charge < -0.3 is 0 Å². The van der Waals surface area contributed by atoms with E-state index in [-0.39, 0.29) is 35.1 Å². The van der Waals surface area contributed by atoms with Crippen LogP contribution in [-0.4, -0.2) is 15.6 Å². The summed E-state index contributed by atoms with van der Waals surface area (Å²) in [7, 11) is 0. The number of hydrogen-bond acceptors (Lipinski definition) is 3. The van der Waals surface area contributed by atoms with Crippen LogP contribution in [0.4, 0.5) is 17.6 Å². The third kappa shape index (κ3) is 4.13. The summed E-state index contributed by atoms with van der Waals surface area (Å²) in [6.45, 7) is 2.92. The van der Waals surface area contributed by atoms with Gasteiger partial charge in [-0.1, -0.05) is 19.1 Å². The number of carbonyl (C=O) groups excluding carboxylic acids is 1. The summed E-state index contributed by atoms with van der Waals surface area (Å²) in [4.78, 5) is 29.4. The zero-order valence-corrected chi connectivity index (χ0v) is 15.6. The van der Waals surface area contributed by atoms with E-state index in [1.54, 1.807) is 6.92 Å². The number of amides is 1. The molecule has 5 nitrogen and oxygen atoms in total. The predicted molar refractivity (Wildman–Crippen MR) is 99.6 cm³/mol. The van der Waals surface area contributed by atoms with Gasteiger partial charge in [0, 0.05) is 6.42 Å². The van der Waals surface area contributed by atoms with Crippen molar-refractivity contribution in [2.45, 2.75) is 32.9 Å². The van der Waals surface area contributed by atoms with E-state index in [4.69, 9.17) is 0 Å². The number of hydrogen-bond donors (Lipinski definition) is 1. The number of fused-ring (bicyclic) bond motifs is 1. The molecule has 1 amide bonds. The highest BCUT2D eigenvalue weighted by Crippen LogP contribution is 2.33. The highest BCUT2D eigenvalue weighted by Gasteiger charge is 2.33. The number of nitrogens with zero attached hydrogens (tertiary/aromatic N) is 2. The maximum atomic E-state index is 13.2. The number of halogens is 4. The van der Waals surface area contributed by atoms with Crippen LogP contribution in [0, 0.1) is 12.7 Å². The summed E-state index contributed by atoms with van der Waals surface area (Å²) >= 11 is 0. The summed E-state index contributed by atoms with van der Waals surface area (Å²) in [5, 5.41) is -0.0326. The van der Waals surface area contributed by atoms with Crippen LogP contribution in [0.2, 0.25) is 0 Å². The van der Waals surface area contributed by atoms with Crippen molar-refractivity contribution in [2.24, 2.45) is 0 Å². The second-order valence-corrected chi connectivity index (χ2v) is 6.49. The third-order valence-electron chi connectivity index (χ3n) is 4.50. The van der Waals surface area contributed by atoms with Crippen LogP contribution >= 0.6 is 0 Å². The number of aromatic nitrogens is 2. The van der Waals surface area contributed by atoms with Crippen molar-refractivity contribution >= 4 is 16.8 Å². The van der Waals surface area contributed by atoms with Gasteiger partial charge in [-0.25, -0.2) is 14.1 Å². The molecule has 0 spiro atoms. The van der Waals surface area contributed by atoms with E-state index >= 15 is 0 Å². The van der Waals surface area contributed by atoms with Crippen molar-refractivity contribution < 1.29 is 22.4 Å². The van der Waals surface area contributed by atoms with E-state index in [1.165, 1.54) is 31.2 Å². The maximum absolute atomic E-state index is 13.2. The van der Waals surface area contributed by atoms with Gasteiger partial charge in [-0.2, -0.15) is 13.2 Å². The lowest BCUT2D eigenvalue weighted by Crippen LogP contribution is -2.37. The molecule has 1 N–H and O–H groups in total. The normalized spacial score (nSPS) is 11.7. The molecule has 0 saturated heterocycles. The Bertz CT molecular complexity index is 1140. The molecule has 0 aliphatic heterocycles. The molecule has 152 valence electrons. The molecule has 1 aromatic heterocycles. The molecule has 2 aromatic carbocycles. The van der Waals surface area contributed by atoms with Crippen molar-refractivity contribution in [3.8, 4) is 0 Å². The van der Waals surface area contributed by atoms with Crippen molar-refractivity contribution in [3.63, 3.8) is 0 Å². The van der Waals surface area contributed by atoms with Gasteiger partial charge in [-0.15, -0.1) is 0 Å². The van der Waals surface area contributed by atoms with Gasteiger partial charge in [-0.3, -0.25) is 15.0 Å². The molecule has 0 aliphatic carbocycles. The monoisotopic (exact) mass is 407 g/mol. The minimum Gasteiger partial charge on any atom is -0.273 e. The van der Waals surface area contributed by atoms with Crippen molar-refractivity contribution in [1.82, 2.24) is 9.66 Å². The van der Waals surface area contributed by atoms with Crippen LogP contribution in [0.3, 0.4) is 0 Å². The summed E-state index contributed by atoms with van der Waals surface area (Å²) in [6.07, 6.45) is -4.47. The van der Waals surface area contributed by atoms with E-state index < -0.39 is 29.0 Å². The third-order valence-corrected chi connectivity index (χ3v) is 4.50. The smallest absolute Gasteiger partial charge is 0.273 e. The highest BCUT2D eigenvalue weighted by molar-refractivity contribution is 5.87. The number of carbonyl (C=O) groups is 1. The summed E-state index contributed by atoms with van der Waals surface area (Å²) in [6, 6.07) is 7.20. The van der Waals surface area contributed by atoms with Crippen molar-refractivity contribution in [3.05, 3.63) is 75.1 Å². The summed E-state index contributed by atoms with van der Waals surface area (Å²) in [5.74, 6) is -0.860. The second-order valence-electron chi connectivity index (χ2n) is 6.49. The lowest BCUT2D eigenvalue weighted by atomic mass is 10.0. The fourth-order valence-electron chi connectivity index (χ4n) is 3.04. The van der Waals surface area contributed by atoms with E-state index in [2.05, 4.69) is 10.4 Å². The molecular formula is C20H17F4N3O2. The van der Waals surface area contributed by atoms with Gasteiger partial charge in [0.15, 0.2) is 0 Å². The number of aryl methyl sites for hydroxylation is 2. The highest BCUT2D eigenvalue weighted by atomic mass is 19.4. The van der Waals surface area contributed by atoms with E-state index in [9.17, 15) is 27.2 Å². The fourth-order valence-corrected chi connectivity index (χ4v) is 3.04. The van der Waals surface area contributed by atoms with Gasteiger partial charge >= 0.3 is 6.18 Å². The van der Waals surface area contributed by atoms with E-state index in [1.807, 2.05) is 0 Å². The Labute approximate surface area is 163 Å². The molecule has 0 radical (unpaired) electrons. The molecule has 0 fully saturated rings. The lowest BCUT2D eigenvalue weighted by molar-refractivity contribution is -0.138. The Morgan fingerprint density at radius 1 is 1.14 bits per heavy atom. The average molecular weight is 407 g/mol. The zero-order chi connectivity index (χ0) is 21.3. The minimum absolute atomic E-state index is 0.0326. The first kappa shape index (κ1) is 20.5. The maximum Gasteiger partial charge on any atom is 0.416 e. The van der Waals surface area contributed by atoms with E-state index in [0.29, 0.717) is 5.56 Å². The minimum atomic E-state index is -4.56. The van der Waals surface area contributed by atoms with E-state index in [0.717, 1.165) is 16.8 Å². The Hall–Kier alpha value is -3.23. The largest absolute Gasteiger partial charge is 0.416 e. The molecule has 0 atom stereocenters. The van der Waals surface area contributed by atoms with Crippen LogP contribution in [-0.2, 0) is 23.8 Å². The number of nitrogens with one attached hydrogen (secondary N) is 1. The van der Waals surface area contributed by atoms with Crippen LogP contribution in [0.5, 0.6) is 0 Å². The van der Waals surface area contributed by atoms with Crippen LogP contribution in [0.1, 0.15) is 29.4 Å². The number of alkyl halides is 3. The van der Waals surface area contributed by atoms with Crippen LogP contribution in [0.25, 0.3) is 10.9 Å². The van der Waals surface area contributed by atoms with Gasteiger partial charge in [0.1, 0.15) is 11.6 Å². The summed E-state index contributed by atoms with van der Waals surface area (Å²) in [5.41, 5.74) is 1.24. The van der Waals surface area contributed by atoms with Crippen LogP contribution < -0.4 is 11.0 Å². The molecule has 0 saturated carbocycles. The zero-order valence-electron chi connectivity index (χ0n) is 15.6. The van der Waals surface area contributed by atoms with Crippen LogP contribution in [0.15, 0.2) is 41.2 Å². The molecule has 29 heavy (non-hydrogen) atoms. The first-order valence-electron chi connectivity index (χ1n) is 8.78. The fraction of sp³-hybridized carbons (Fsp3) is 0.250. The molecule has 3 rings (SSSR count). The second kappa shape index (κ2) is 7.65. The van der Waals surface area contributed by atoms with Gasteiger partial charge in [0.2, 0.25) is 5.91 Å². The standard InChI is InChI=1S/C20H17F4N3O2/c1-3-16-25-18-11(2)15(20(22,23)24)9-8-14(18)19(29)27(16)26-17(28)10-12-4-6-13(21)7-5-12/h4-9H,3,10H2,1-2H3,(H,26,28). The molecule has 0 aliphatic rings. The molecule has 0 unspecified atom stereocenters. The van der Waals surface area contributed by atoms with Gasteiger partial charge in [0.05, 0.1) is 22.9 Å². The number of benzene rings is 2. The SMILES string of the molecule is CCc1nc2c(C)c(C(F)(F)F)ccc2c(=O)n1NC(=O)Cc1ccc(F)cc1. The molecule has 1 heterocycles. The Balaban J connectivity index is 2.02. The van der Waals surface area contributed by atoms with Gasteiger partial charge in [0.25, 0.3) is 5.56 Å². The van der Waals surface area contributed by atoms with Crippen molar-refractivity contribution in [2.75, 3.05) is 5.43 Å². The van der Waals surface area contributed by atoms with Gasteiger partial charge in [-0.05, 0) is 42.3 Å². The molecule has 9 heteroatoms. The Morgan fingerprint density at radius 3 is 2.38 bits per heavy atom.